The van der Waals surface area contributed by atoms with Crippen molar-refractivity contribution in [1.82, 2.24) is 19.5 Å². The summed E-state index contributed by atoms with van der Waals surface area (Å²) in [4.78, 5) is 34.6. The monoisotopic (exact) mass is 348 g/mol. The minimum Gasteiger partial charge on any atom is -0.333 e. The highest BCUT2D eigenvalue weighted by molar-refractivity contribution is 5.50. The molecule has 4 rings (SSSR count). The molecule has 0 bridgehead atoms. The highest BCUT2D eigenvalue weighted by Gasteiger charge is 2.32. The Balaban J connectivity index is 1.85. The fourth-order valence-electron chi connectivity index (χ4n) is 3.48. The second-order valence-electron chi connectivity index (χ2n) is 7.24. The second-order valence-corrected chi connectivity index (χ2v) is 7.24. The van der Waals surface area contributed by atoms with Gasteiger partial charge in [-0.3, -0.25) is 9.59 Å². The molecule has 3 aromatic rings. The Morgan fingerprint density at radius 2 is 1.69 bits per heavy atom. The van der Waals surface area contributed by atoms with Gasteiger partial charge in [0.15, 0.2) is 0 Å². The zero-order chi connectivity index (χ0) is 18.3. The van der Waals surface area contributed by atoms with Crippen molar-refractivity contribution in [2.24, 2.45) is 0 Å². The molecule has 1 aliphatic rings. The minimum absolute atomic E-state index is 0.00355. The molecule has 1 aliphatic heterocycles. The van der Waals surface area contributed by atoms with Gasteiger partial charge in [0, 0.05) is 12.0 Å². The fraction of sp³-hybridized carbons (Fsp3) is 0.250. The van der Waals surface area contributed by atoms with E-state index < -0.39 is 0 Å². The number of rotatable bonds is 2. The molecule has 0 amide bonds. The molecule has 132 valence electrons. The molecule has 0 fully saturated rings. The van der Waals surface area contributed by atoms with Gasteiger partial charge in [-0.25, -0.2) is 4.98 Å². The van der Waals surface area contributed by atoms with Crippen LogP contribution in [0.5, 0.6) is 0 Å². The lowest BCUT2D eigenvalue weighted by atomic mass is 9.87. The predicted octanol–water partition coefficient (Wildman–Crippen LogP) is 0.599. The van der Waals surface area contributed by atoms with Crippen molar-refractivity contribution >= 4 is 12.2 Å². The van der Waals surface area contributed by atoms with Gasteiger partial charge in [0.2, 0.25) is 0 Å². The number of hydrogen-bond acceptors (Lipinski definition) is 3. The van der Waals surface area contributed by atoms with E-state index in [2.05, 4.69) is 33.4 Å². The van der Waals surface area contributed by atoms with Gasteiger partial charge in [-0.1, -0.05) is 44.2 Å². The smallest absolute Gasteiger partial charge is 0.272 e. The molecule has 6 nitrogen and oxygen atoms in total. The van der Waals surface area contributed by atoms with Crippen LogP contribution in [0.15, 0.2) is 46.2 Å². The van der Waals surface area contributed by atoms with Crippen LogP contribution >= 0.6 is 0 Å². The summed E-state index contributed by atoms with van der Waals surface area (Å²) in [5.74, 6) is 0. The third-order valence-electron chi connectivity index (χ3n) is 4.86. The molecule has 0 saturated carbocycles. The second kappa shape index (κ2) is 5.98. The molecule has 0 spiro atoms. The number of benzene rings is 1. The van der Waals surface area contributed by atoms with Crippen molar-refractivity contribution in [1.29, 1.82) is 0 Å². The van der Waals surface area contributed by atoms with Crippen molar-refractivity contribution in [3.05, 3.63) is 85.0 Å². The Labute approximate surface area is 149 Å². The fourth-order valence-corrected chi connectivity index (χ4v) is 3.48. The van der Waals surface area contributed by atoms with E-state index in [0.29, 0.717) is 0 Å². The number of aromatic amines is 2. The summed E-state index contributed by atoms with van der Waals surface area (Å²) in [5.41, 5.74) is 1.99. The van der Waals surface area contributed by atoms with Crippen LogP contribution in [0.25, 0.3) is 12.2 Å². The molecule has 0 atom stereocenters. The number of H-pyrrole nitrogens is 2. The first-order chi connectivity index (χ1) is 12.4. The Hall–Kier alpha value is -3.15. The summed E-state index contributed by atoms with van der Waals surface area (Å²) in [5, 5.41) is 0.443. The Kier molecular flexibility index (Phi) is 3.76. The van der Waals surface area contributed by atoms with Gasteiger partial charge < -0.3 is 14.5 Å². The summed E-state index contributed by atoms with van der Waals surface area (Å²) in [6, 6.07) is 9.39. The Morgan fingerprint density at radius 1 is 1.04 bits per heavy atom. The van der Waals surface area contributed by atoms with E-state index in [1.54, 1.807) is 18.5 Å². The molecule has 1 aromatic carbocycles. The van der Waals surface area contributed by atoms with Gasteiger partial charge in [0.1, 0.15) is 10.7 Å². The highest BCUT2D eigenvalue weighted by Crippen LogP contribution is 2.35. The number of nitrogens with one attached hydrogen (secondary N) is 2. The number of aryl methyl sites for hydroxylation is 1. The van der Waals surface area contributed by atoms with Gasteiger partial charge in [0.05, 0.1) is 17.7 Å². The molecule has 0 aliphatic carbocycles. The van der Waals surface area contributed by atoms with Gasteiger partial charge in [0.25, 0.3) is 11.1 Å². The lowest BCUT2D eigenvalue weighted by Crippen LogP contribution is -2.46. The number of aromatic nitrogens is 4. The van der Waals surface area contributed by atoms with Gasteiger partial charge >= 0.3 is 0 Å². The molecular weight excluding hydrogens is 328 g/mol. The standard InChI is InChI=1S/C20H20N4O2/c1-20(2)8-9-24-12-21-14(17(20)24)11-16-19(26)22-15(18(25)23-16)10-13-6-4-3-5-7-13/h3-7,10-12H,8-9H2,1-2H3,(H,22,26)(H,23,25)/b15-10-,16-11-. The number of imidazole rings is 1. The van der Waals surface area contributed by atoms with E-state index in [1.165, 1.54) is 0 Å². The Morgan fingerprint density at radius 3 is 2.38 bits per heavy atom. The number of nitrogens with zero attached hydrogens (tertiary/aromatic N) is 2. The topological polar surface area (TPSA) is 83.5 Å². The van der Waals surface area contributed by atoms with Crippen molar-refractivity contribution in [3.63, 3.8) is 0 Å². The molecule has 2 aromatic heterocycles. The van der Waals surface area contributed by atoms with E-state index in [0.717, 1.165) is 29.9 Å². The molecule has 6 heteroatoms. The lowest BCUT2D eigenvalue weighted by molar-refractivity contribution is 0.517. The van der Waals surface area contributed by atoms with Crippen LogP contribution in [0.3, 0.4) is 0 Å². The maximum Gasteiger partial charge on any atom is 0.272 e. The summed E-state index contributed by atoms with van der Waals surface area (Å²) < 4.78 is 2.11. The molecule has 3 heterocycles. The summed E-state index contributed by atoms with van der Waals surface area (Å²) in [6.45, 7) is 5.24. The Bertz CT molecular complexity index is 1200. The summed E-state index contributed by atoms with van der Waals surface area (Å²) in [6.07, 6.45) is 6.14. The zero-order valence-corrected chi connectivity index (χ0v) is 14.7. The van der Waals surface area contributed by atoms with Crippen LogP contribution in [-0.4, -0.2) is 19.5 Å². The first-order valence-corrected chi connectivity index (χ1v) is 8.61. The van der Waals surface area contributed by atoms with Crippen LogP contribution in [0.4, 0.5) is 0 Å². The van der Waals surface area contributed by atoms with E-state index in [4.69, 9.17) is 0 Å². The maximum atomic E-state index is 12.5. The highest BCUT2D eigenvalue weighted by atomic mass is 16.1. The third kappa shape index (κ3) is 2.83. The normalized spacial score (nSPS) is 16.8. The molecule has 2 N–H and O–H groups in total. The van der Waals surface area contributed by atoms with E-state index >= 15 is 0 Å². The van der Waals surface area contributed by atoms with E-state index in [-0.39, 0.29) is 27.2 Å². The molecule has 0 radical (unpaired) electrons. The summed E-state index contributed by atoms with van der Waals surface area (Å²) in [7, 11) is 0. The molecule has 0 saturated heterocycles. The SMILES string of the molecule is CC1(C)CCn2cnc(/C=c3\[nH]c(=O)/c(=C/c4ccccc4)[nH]c3=O)c21. The van der Waals surface area contributed by atoms with Crippen LogP contribution in [0.1, 0.15) is 37.2 Å². The van der Waals surface area contributed by atoms with Gasteiger partial charge in [-0.15, -0.1) is 0 Å². The average Bonchev–Trinajstić information content (AvgIpc) is 3.15. The average molecular weight is 348 g/mol. The van der Waals surface area contributed by atoms with Crippen molar-refractivity contribution in [2.45, 2.75) is 32.2 Å². The van der Waals surface area contributed by atoms with Crippen LogP contribution in [0.2, 0.25) is 0 Å². The van der Waals surface area contributed by atoms with Crippen LogP contribution in [-0.2, 0) is 12.0 Å². The predicted molar refractivity (Wildman–Crippen MR) is 100 cm³/mol. The number of fused-ring (bicyclic) bond motifs is 1. The quantitative estimate of drug-likeness (QED) is 0.711. The molecular formula is C20H20N4O2. The van der Waals surface area contributed by atoms with Crippen molar-refractivity contribution < 1.29 is 0 Å². The number of hydrogen-bond donors (Lipinski definition) is 2. The van der Waals surface area contributed by atoms with Crippen LogP contribution in [0, 0.1) is 0 Å². The maximum absolute atomic E-state index is 12.5. The first kappa shape index (κ1) is 16.3. The minimum atomic E-state index is -0.343. The van der Waals surface area contributed by atoms with E-state index in [1.807, 2.05) is 30.3 Å². The van der Waals surface area contributed by atoms with Crippen molar-refractivity contribution in [3.8, 4) is 0 Å². The third-order valence-corrected chi connectivity index (χ3v) is 4.86. The zero-order valence-electron chi connectivity index (χ0n) is 14.7. The molecule has 0 unspecified atom stereocenters. The van der Waals surface area contributed by atoms with Crippen molar-refractivity contribution in [2.75, 3.05) is 0 Å². The molecule has 26 heavy (non-hydrogen) atoms. The lowest BCUT2D eigenvalue weighted by Gasteiger charge is -2.16. The van der Waals surface area contributed by atoms with Gasteiger partial charge in [-0.05, 0) is 24.1 Å². The van der Waals surface area contributed by atoms with Crippen LogP contribution < -0.4 is 21.8 Å². The largest absolute Gasteiger partial charge is 0.333 e. The first-order valence-electron chi connectivity index (χ1n) is 8.61. The summed E-state index contributed by atoms with van der Waals surface area (Å²) >= 11 is 0. The van der Waals surface area contributed by atoms with Gasteiger partial charge in [-0.2, -0.15) is 0 Å². The van der Waals surface area contributed by atoms with E-state index in [9.17, 15) is 9.59 Å².